The largest absolute Gasteiger partial charge is 0.479 e. The SMILES string of the molecule is CCOc1[nH]c(/C=C2/C(=O)NN=C2C2(C)CC2)c(C(=O)OC)c1CC(=O)OC. The van der Waals surface area contributed by atoms with E-state index in [9.17, 15) is 14.4 Å². The molecule has 9 nitrogen and oxygen atoms in total. The molecule has 1 aliphatic carbocycles. The lowest BCUT2D eigenvalue weighted by atomic mass is 9.94. The third kappa shape index (κ3) is 3.51. The van der Waals surface area contributed by atoms with Gasteiger partial charge in [-0.2, -0.15) is 5.10 Å². The number of methoxy groups -OCH3 is 2. The molecular weight excluding hydrogens is 366 g/mol. The molecule has 28 heavy (non-hydrogen) atoms. The number of hydrogen-bond donors (Lipinski definition) is 2. The fourth-order valence-corrected chi connectivity index (χ4v) is 3.13. The minimum Gasteiger partial charge on any atom is -0.479 e. The molecular formula is C19H23N3O6. The van der Waals surface area contributed by atoms with Gasteiger partial charge in [0.15, 0.2) is 5.88 Å². The van der Waals surface area contributed by atoms with Crippen molar-refractivity contribution in [2.75, 3.05) is 20.8 Å². The molecule has 0 atom stereocenters. The molecule has 0 saturated heterocycles. The zero-order valence-electron chi connectivity index (χ0n) is 16.3. The fraction of sp³-hybridized carbons (Fsp3) is 0.474. The van der Waals surface area contributed by atoms with E-state index in [1.807, 2.05) is 6.92 Å². The number of hydrogen-bond acceptors (Lipinski definition) is 7. The van der Waals surface area contributed by atoms with E-state index in [0.29, 0.717) is 29.1 Å². The molecule has 0 bridgehead atoms. The molecule has 1 aromatic rings. The van der Waals surface area contributed by atoms with Crippen LogP contribution in [0, 0.1) is 5.41 Å². The summed E-state index contributed by atoms with van der Waals surface area (Å²) in [5.41, 5.74) is 4.13. The van der Waals surface area contributed by atoms with E-state index in [1.54, 1.807) is 13.0 Å². The normalized spacial score (nSPS) is 18.5. The van der Waals surface area contributed by atoms with E-state index < -0.39 is 11.9 Å². The second-order valence-corrected chi connectivity index (χ2v) is 6.92. The summed E-state index contributed by atoms with van der Waals surface area (Å²) < 4.78 is 15.2. The third-order valence-electron chi connectivity index (χ3n) is 4.95. The van der Waals surface area contributed by atoms with E-state index >= 15 is 0 Å². The van der Waals surface area contributed by atoms with Gasteiger partial charge in [-0.05, 0) is 25.8 Å². The summed E-state index contributed by atoms with van der Waals surface area (Å²) in [6.07, 6.45) is 3.25. The number of carbonyl (C=O) groups is 3. The summed E-state index contributed by atoms with van der Waals surface area (Å²) in [7, 11) is 2.51. The van der Waals surface area contributed by atoms with Gasteiger partial charge in [0, 0.05) is 11.0 Å². The van der Waals surface area contributed by atoms with E-state index in [1.165, 1.54) is 14.2 Å². The first-order valence-corrected chi connectivity index (χ1v) is 8.98. The first-order chi connectivity index (χ1) is 13.3. The number of aromatic nitrogens is 1. The number of nitrogens with zero attached hydrogens (tertiary/aromatic N) is 1. The van der Waals surface area contributed by atoms with E-state index in [0.717, 1.165) is 12.8 Å². The van der Waals surface area contributed by atoms with Gasteiger partial charge in [0.25, 0.3) is 5.91 Å². The van der Waals surface area contributed by atoms with Crippen molar-refractivity contribution in [1.82, 2.24) is 10.4 Å². The summed E-state index contributed by atoms with van der Waals surface area (Å²) in [5.74, 6) is -1.27. The number of H-pyrrole nitrogens is 1. The Morgan fingerprint density at radius 2 is 1.96 bits per heavy atom. The lowest BCUT2D eigenvalue weighted by Gasteiger charge is -2.08. The Hall–Kier alpha value is -3.10. The van der Waals surface area contributed by atoms with Crippen LogP contribution in [0.5, 0.6) is 5.88 Å². The van der Waals surface area contributed by atoms with Crippen LogP contribution in [0.25, 0.3) is 6.08 Å². The minimum atomic E-state index is -0.650. The predicted octanol–water partition coefficient (Wildman–Crippen LogP) is 1.58. The van der Waals surface area contributed by atoms with E-state index in [4.69, 9.17) is 14.2 Å². The molecule has 150 valence electrons. The Bertz CT molecular complexity index is 892. The van der Waals surface area contributed by atoms with Crippen LogP contribution >= 0.6 is 0 Å². The van der Waals surface area contributed by atoms with Crippen LogP contribution < -0.4 is 10.2 Å². The molecule has 0 radical (unpaired) electrons. The van der Waals surface area contributed by atoms with Crippen molar-refractivity contribution >= 4 is 29.6 Å². The Labute approximate surface area is 162 Å². The van der Waals surface area contributed by atoms with Crippen LogP contribution in [0.1, 0.15) is 48.3 Å². The monoisotopic (exact) mass is 389 g/mol. The van der Waals surface area contributed by atoms with Crippen LogP contribution in [0.3, 0.4) is 0 Å². The Morgan fingerprint density at radius 3 is 2.54 bits per heavy atom. The zero-order chi connectivity index (χ0) is 20.5. The van der Waals surface area contributed by atoms with Crippen molar-refractivity contribution in [2.24, 2.45) is 10.5 Å². The number of nitrogens with one attached hydrogen (secondary N) is 2. The fourth-order valence-electron chi connectivity index (χ4n) is 3.13. The Kier molecular flexibility index (Phi) is 5.26. The molecule has 1 aromatic heterocycles. The summed E-state index contributed by atoms with van der Waals surface area (Å²) >= 11 is 0. The van der Waals surface area contributed by atoms with Gasteiger partial charge in [-0.1, -0.05) is 6.92 Å². The molecule has 1 amide bonds. The van der Waals surface area contributed by atoms with Crippen molar-refractivity contribution in [1.29, 1.82) is 0 Å². The highest BCUT2D eigenvalue weighted by molar-refractivity contribution is 6.30. The summed E-state index contributed by atoms with van der Waals surface area (Å²) in [5, 5.41) is 4.16. The number of rotatable bonds is 7. The first kappa shape index (κ1) is 19.7. The van der Waals surface area contributed by atoms with Gasteiger partial charge in [-0.15, -0.1) is 0 Å². The van der Waals surface area contributed by atoms with Gasteiger partial charge in [-0.3, -0.25) is 9.59 Å². The van der Waals surface area contributed by atoms with Crippen LogP contribution in [0.15, 0.2) is 10.7 Å². The maximum Gasteiger partial charge on any atom is 0.340 e. The third-order valence-corrected chi connectivity index (χ3v) is 4.95. The minimum absolute atomic E-state index is 0.129. The van der Waals surface area contributed by atoms with Gasteiger partial charge in [-0.25, -0.2) is 10.2 Å². The van der Waals surface area contributed by atoms with Crippen molar-refractivity contribution in [3.63, 3.8) is 0 Å². The molecule has 3 rings (SSSR count). The van der Waals surface area contributed by atoms with Crippen LogP contribution in [-0.2, 0) is 25.5 Å². The molecule has 0 aromatic carbocycles. The molecule has 1 aliphatic heterocycles. The smallest absolute Gasteiger partial charge is 0.340 e. The van der Waals surface area contributed by atoms with Gasteiger partial charge < -0.3 is 19.2 Å². The quantitative estimate of drug-likeness (QED) is 0.540. The molecule has 9 heteroatoms. The molecule has 1 saturated carbocycles. The van der Waals surface area contributed by atoms with Crippen molar-refractivity contribution in [2.45, 2.75) is 33.1 Å². The first-order valence-electron chi connectivity index (χ1n) is 8.98. The highest BCUT2D eigenvalue weighted by Crippen LogP contribution is 2.49. The number of hydrazone groups is 1. The van der Waals surface area contributed by atoms with Gasteiger partial charge >= 0.3 is 11.9 Å². The summed E-state index contributed by atoms with van der Waals surface area (Å²) in [6, 6.07) is 0. The van der Waals surface area contributed by atoms with Gasteiger partial charge in [0.05, 0.1) is 49.8 Å². The van der Waals surface area contributed by atoms with Crippen molar-refractivity contribution < 1.29 is 28.6 Å². The van der Waals surface area contributed by atoms with Gasteiger partial charge in [0.1, 0.15) is 0 Å². The van der Waals surface area contributed by atoms with Crippen LogP contribution in [-0.4, -0.2) is 49.4 Å². The lowest BCUT2D eigenvalue weighted by molar-refractivity contribution is -0.139. The Morgan fingerprint density at radius 1 is 1.25 bits per heavy atom. The highest BCUT2D eigenvalue weighted by atomic mass is 16.5. The number of ether oxygens (including phenoxy) is 3. The molecule has 1 fully saturated rings. The molecule has 0 spiro atoms. The second kappa shape index (κ2) is 7.49. The number of aromatic amines is 1. The molecule has 2 heterocycles. The standard InChI is InChI=1S/C19H23N3O6/c1-5-28-17-10(9-13(23)26-3)14(18(25)27-4)12(20-17)8-11-15(19(2)6-7-19)21-22-16(11)24/h8,20H,5-7,9H2,1-4H3,(H,22,24)/b11-8+. The maximum atomic E-state index is 12.5. The van der Waals surface area contributed by atoms with E-state index in [-0.39, 0.29) is 29.2 Å². The molecule has 0 unspecified atom stereocenters. The van der Waals surface area contributed by atoms with E-state index in [2.05, 4.69) is 15.5 Å². The van der Waals surface area contributed by atoms with Crippen LogP contribution in [0.4, 0.5) is 0 Å². The summed E-state index contributed by atoms with van der Waals surface area (Å²) in [4.78, 5) is 39.7. The highest BCUT2D eigenvalue weighted by Gasteiger charge is 2.47. The van der Waals surface area contributed by atoms with Crippen molar-refractivity contribution in [3.05, 3.63) is 22.4 Å². The van der Waals surface area contributed by atoms with Gasteiger partial charge in [0.2, 0.25) is 0 Å². The predicted molar refractivity (Wildman–Crippen MR) is 99.9 cm³/mol. The zero-order valence-corrected chi connectivity index (χ0v) is 16.3. The topological polar surface area (TPSA) is 119 Å². The number of esters is 2. The number of carbonyl (C=O) groups excluding carboxylic acids is 3. The lowest BCUT2D eigenvalue weighted by Crippen LogP contribution is -2.17. The molecule has 2 aliphatic rings. The second-order valence-electron chi connectivity index (χ2n) is 6.92. The maximum absolute atomic E-state index is 12.5. The van der Waals surface area contributed by atoms with Crippen molar-refractivity contribution in [3.8, 4) is 5.88 Å². The molecule has 2 N–H and O–H groups in total. The average Bonchev–Trinajstić information content (AvgIpc) is 3.18. The van der Waals surface area contributed by atoms with Crippen LogP contribution in [0.2, 0.25) is 0 Å². The Balaban J connectivity index is 2.13. The average molecular weight is 389 g/mol. The number of amides is 1. The summed E-state index contributed by atoms with van der Waals surface area (Å²) in [6.45, 7) is 4.13.